The summed E-state index contributed by atoms with van der Waals surface area (Å²) in [6.07, 6.45) is 0. The van der Waals surface area contributed by atoms with Crippen molar-refractivity contribution in [2.24, 2.45) is 0 Å². The molecule has 1 aromatic heterocycles. The number of anilines is 1. The minimum atomic E-state index is -0.357. The molecule has 0 aliphatic heterocycles. The average molecular weight is 283 g/mol. The highest BCUT2D eigenvalue weighted by molar-refractivity contribution is 5.91. The first-order valence-corrected chi connectivity index (χ1v) is 6.53. The van der Waals surface area contributed by atoms with Crippen LogP contribution < -0.4 is 5.32 Å². The van der Waals surface area contributed by atoms with E-state index in [-0.39, 0.29) is 30.9 Å². The largest absolute Gasteiger partial charge is 0.465 e. The van der Waals surface area contributed by atoms with Gasteiger partial charge in [0.05, 0.1) is 25.4 Å². The molecule has 1 aromatic rings. The van der Waals surface area contributed by atoms with Gasteiger partial charge < -0.3 is 9.26 Å². The van der Waals surface area contributed by atoms with Gasteiger partial charge in [0.15, 0.2) is 0 Å². The predicted octanol–water partition coefficient (Wildman–Crippen LogP) is 1.23. The van der Waals surface area contributed by atoms with E-state index in [9.17, 15) is 9.59 Å². The van der Waals surface area contributed by atoms with Crippen molar-refractivity contribution in [3.05, 3.63) is 11.8 Å². The van der Waals surface area contributed by atoms with Gasteiger partial charge in [-0.2, -0.15) is 0 Å². The van der Waals surface area contributed by atoms with E-state index in [4.69, 9.17) is 9.26 Å². The van der Waals surface area contributed by atoms with E-state index in [2.05, 4.69) is 10.5 Å². The van der Waals surface area contributed by atoms with Crippen molar-refractivity contribution >= 4 is 17.8 Å². The molecular weight excluding hydrogens is 262 g/mol. The molecule has 0 saturated heterocycles. The van der Waals surface area contributed by atoms with Crippen LogP contribution >= 0.6 is 0 Å². The van der Waals surface area contributed by atoms with Crippen LogP contribution in [0.15, 0.2) is 10.6 Å². The Morgan fingerprint density at radius 1 is 1.45 bits per heavy atom. The number of carbonyl (C=O) groups is 2. The lowest BCUT2D eigenvalue weighted by atomic mass is 10.1. The molecule has 112 valence electrons. The standard InChI is InChI=1S/C13H21N3O4/c1-5-19-13(18)8-16(4)7-11(17)14-12-6-10(9(2)3)15-20-12/h6,9H,5,7-8H2,1-4H3,(H,14,17). The van der Waals surface area contributed by atoms with Crippen molar-refractivity contribution < 1.29 is 18.8 Å². The Bertz CT molecular complexity index is 456. The fourth-order valence-corrected chi connectivity index (χ4v) is 1.52. The minimum absolute atomic E-state index is 0.0644. The van der Waals surface area contributed by atoms with Crippen LogP contribution in [0, 0.1) is 0 Å². The Morgan fingerprint density at radius 2 is 2.15 bits per heavy atom. The van der Waals surface area contributed by atoms with Crippen molar-refractivity contribution in [3.8, 4) is 0 Å². The summed E-state index contributed by atoms with van der Waals surface area (Å²) in [5.74, 6) is -0.0908. The third-order valence-corrected chi connectivity index (χ3v) is 2.50. The summed E-state index contributed by atoms with van der Waals surface area (Å²) in [5.41, 5.74) is 0.778. The zero-order valence-electron chi connectivity index (χ0n) is 12.3. The van der Waals surface area contributed by atoms with Gasteiger partial charge in [0.1, 0.15) is 0 Å². The summed E-state index contributed by atoms with van der Waals surface area (Å²) in [4.78, 5) is 24.6. The topological polar surface area (TPSA) is 84.7 Å². The Hall–Kier alpha value is -1.89. The average Bonchev–Trinajstić information content (AvgIpc) is 2.77. The van der Waals surface area contributed by atoms with Crippen LogP contribution in [-0.4, -0.2) is 48.7 Å². The van der Waals surface area contributed by atoms with Crippen LogP contribution in [-0.2, 0) is 14.3 Å². The van der Waals surface area contributed by atoms with Gasteiger partial charge in [0.25, 0.3) is 0 Å². The molecule has 0 atom stereocenters. The van der Waals surface area contributed by atoms with Gasteiger partial charge in [-0.3, -0.25) is 19.8 Å². The molecule has 1 N–H and O–H groups in total. The van der Waals surface area contributed by atoms with Gasteiger partial charge in [0.2, 0.25) is 11.8 Å². The highest BCUT2D eigenvalue weighted by atomic mass is 16.5. The van der Waals surface area contributed by atoms with Gasteiger partial charge in [-0.15, -0.1) is 0 Å². The molecule has 7 heteroatoms. The number of amides is 1. The van der Waals surface area contributed by atoms with Crippen LogP contribution in [0.5, 0.6) is 0 Å². The molecular formula is C13H21N3O4. The smallest absolute Gasteiger partial charge is 0.320 e. The van der Waals surface area contributed by atoms with Crippen LogP contribution in [0.2, 0.25) is 0 Å². The second-order valence-electron chi connectivity index (χ2n) is 4.80. The minimum Gasteiger partial charge on any atom is -0.465 e. The predicted molar refractivity (Wildman–Crippen MR) is 73.4 cm³/mol. The summed E-state index contributed by atoms with van der Waals surface area (Å²) in [5, 5.41) is 6.43. The maximum Gasteiger partial charge on any atom is 0.320 e. The highest BCUT2D eigenvalue weighted by Crippen LogP contribution is 2.17. The molecule has 0 bridgehead atoms. The van der Waals surface area contributed by atoms with Gasteiger partial charge in [0, 0.05) is 6.07 Å². The summed E-state index contributed by atoms with van der Waals surface area (Å²) >= 11 is 0. The Labute approximate surface area is 118 Å². The van der Waals surface area contributed by atoms with E-state index >= 15 is 0 Å². The summed E-state index contributed by atoms with van der Waals surface area (Å²) in [6.45, 7) is 6.16. The summed E-state index contributed by atoms with van der Waals surface area (Å²) in [6, 6.07) is 1.69. The highest BCUT2D eigenvalue weighted by Gasteiger charge is 2.14. The number of ether oxygens (including phenoxy) is 1. The Kier molecular flexibility index (Phi) is 6.17. The van der Waals surface area contributed by atoms with Gasteiger partial charge in [-0.05, 0) is 19.9 Å². The molecule has 0 radical (unpaired) electrons. The van der Waals surface area contributed by atoms with Crippen molar-refractivity contribution in [1.82, 2.24) is 10.1 Å². The number of aromatic nitrogens is 1. The number of nitrogens with one attached hydrogen (secondary N) is 1. The molecule has 0 aliphatic rings. The monoisotopic (exact) mass is 283 g/mol. The number of hydrogen-bond donors (Lipinski definition) is 1. The van der Waals surface area contributed by atoms with Crippen molar-refractivity contribution in [1.29, 1.82) is 0 Å². The molecule has 0 unspecified atom stereocenters. The van der Waals surface area contributed by atoms with Crippen LogP contribution in [0.4, 0.5) is 5.88 Å². The van der Waals surface area contributed by atoms with Gasteiger partial charge in [-0.1, -0.05) is 19.0 Å². The van der Waals surface area contributed by atoms with Crippen LogP contribution in [0.3, 0.4) is 0 Å². The lowest BCUT2D eigenvalue weighted by Crippen LogP contribution is -2.34. The Morgan fingerprint density at radius 3 is 2.70 bits per heavy atom. The quantitative estimate of drug-likeness (QED) is 0.758. The maximum atomic E-state index is 11.7. The lowest BCUT2D eigenvalue weighted by Gasteiger charge is -2.14. The first-order chi connectivity index (χ1) is 9.42. The second-order valence-corrected chi connectivity index (χ2v) is 4.80. The van der Waals surface area contributed by atoms with Crippen LogP contribution in [0.25, 0.3) is 0 Å². The molecule has 0 spiro atoms. The first-order valence-electron chi connectivity index (χ1n) is 6.53. The van der Waals surface area contributed by atoms with Crippen molar-refractivity contribution in [3.63, 3.8) is 0 Å². The van der Waals surface area contributed by atoms with E-state index in [1.54, 1.807) is 24.9 Å². The fourth-order valence-electron chi connectivity index (χ4n) is 1.52. The van der Waals surface area contributed by atoms with Gasteiger partial charge in [-0.25, -0.2) is 0 Å². The van der Waals surface area contributed by atoms with E-state index < -0.39 is 0 Å². The molecule has 20 heavy (non-hydrogen) atoms. The number of carbonyl (C=O) groups excluding carboxylic acids is 2. The molecule has 0 aliphatic carbocycles. The van der Waals surface area contributed by atoms with E-state index in [0.717, 1.165) is 5.69 Å². The van der Waals surface area contributed by atoms with E-state index in [1.807, 2.05) is 13.8 Å². The van der Waals surface area contributed by atoms with Gasteiger partial charge >= 0.3 is 5.97 Å². The maximum absolute atomic E-state index is 11.7. The molecule has 1 amide bonds. The van der Waals surface area contributed by atoms with Crippen molar-refractivity contribution in [2.45, 2.75) is 26.7 Å². The molecule has 1 rings (SSSR count). The number of hydrogen-bond acceptors (Lipinski definition) is 6. The van der Waals surface area contributed by atoms with E-state index in [1.165, 1.54) is 0 Å². The number of likely N-dealkylation sites (N-methyl/N-ethyl adjacent to an activating group) is 1. The molecule has 0 aromatic carbocycles. The SMILES string of the molecule is CCOC(=O)CN(C)CC(=O)Nc1cc(C(C)C)no1. The fraction of sp³-hybridized carbons (Fsp3) is 0.615. The zero-order valence-corrected chi connectivity index (χ0v) is 12.3. The van der Waals surface area contributed by atoms with Crippen LogP contribution in [0.1, 0.15) is 32.4 Å². The third kappa shape index (κ3) is 5.40. The summed E-state index contributed by atoms with van der Waals surface area (Å²) in [7, 11) is 1.66. The molecule has 0 saturated carbocycles. The lowest BCUT2D eigenvalue weighted by molar-refractivity contribution is -0.144. The Balaban J connectivity index is 2.40. The molecule has 0 fully saturated rings. The number of nitrogens with zero attached hydrogens (tertiary/aromatic N) is 2. The number of rotatable bonds is 7. The molecule has 1 heterocycles. The molecule has 7 nitrogen and oxygen atoms in total. The normalized spacial score (nSPS) is 10.9. The summed E-state index contributed by atoms with van der Waals surface area (Å²) < 4.78 is 9.81. The van der Waals surface area contributed by atoms with E-state index in [0.29, 0.717) is 12.5 Å². The third-order valence-electron chi connectivity index (χ3n) is 2.50. The second kappa shape index (κ2) is 7.64. The number of esters is 1. The van der Waals surface area contributed by atoms with Crippen molar-refractivity contribution in [2.75, 3.05) is 32.1 Å². The first kappa shape index (κ1) is 16.2. The zero-order chi connectivity index (χ0) is 15.1.